The fraction of sp³-hybridized carbons (Fsp3) is 0.167. The van der Waals surface area contributed by atoms with Gasteiger partial charge in [0, 0.05) is 11.0 Å². The van der Waals surface area contributed by atoms with Crippen LogP contribution in [0.1, 0.15) is 6.92 Å². The number of rotatable bonds is 6. The molecule has 3 aromatic rings. The molecule has 152 valence electrons. The van der Waals surface area contributed by atoms with E-state index in [0.717, 1.165) is 28.4 Å². The number of benzene rings is 2. The molecule has 3 rings (SSSR count). The number of hydrogen-bond acceptors (Lipinski definition) is 5. The third kappa shape index (κ3) is 4.56. The first-order chi connectivity index (χ1) is 13.8. The second kappa shape index (κ2) is 8.87. The smallest absolute Gasteiger partial charge is 0.234 e. The summed E-state index contributed by atoms with van der Waals surface area (Å²) in [7, 11) is 0. The van der Waals surface area contributed by atoms with Gasteiger partial charge in [-0.25, -0.2) is 13.2 Å². The molecular formula is C18H14BrF3N4O2S. The van der Waals surface area contributed by atoms with Crippen molar-refractivity contribution in [3.05, 3.63) is 52.3 Å². The Balaban J connectivity index is 1.74. The number of carbonyl (C=O) groups is 1. The van der Waals surface area contributed by atoms with Crippen LogP contribution in [0.5, 0.6) is 5.75 Å². The standard InChI is InChI=1S/C18H14BrF3N4O2S/c1-2-26-17(10-7-9(19)3-6-13(10)27)24-25-18(26)29-8-14(28)23-12-5-4-11(20)15(21)16(12)22/h3-7,27H,2,8H2,1H3,(H,23,28). The van der Waals surface area contributed by atoms with Crippen LogP contribution in [0.3, 0.4) is 0 Å². The molecule has 0 radical (unpaired) electrons. The molecule has 1 aromatic heterocycles. The summed E-state index contributed by atoms with van der Waals surface area (Å²) < 4.78 is 42.4. The quantitative estimate of drug-likeness (QED) is 0.393. The largest absolute Gasteiger partial charge is 0.507 e. The minimum atomic E-state index is -1.65. The van der Waals surface area contributed by atoms with Crippen LogP contribution in [-0.4, -0.2) is 31.5 Å². The molecule has 0 saturated carbocycles. The number of phenolic OH excluding ortho intramolecular Hbond substituents is 1. The molecule has 1 heterocycles. The van der Waals surface area contributed by atoms with Gasteiger partial charge in [-0.1, -0.05) is 27.7 Å². The predicted molar refractivity (Wildman–Crippen MR) is 106 cm³/mol. The van der Waals surface area contributed by atoms with Gasteiger partial charge in [0.1, 0.15) is 5.75 Å². The van der Waals surface area contributed by atoms with Crippen molar-refractivity contribution in [3.63, 3.8) is 0 Å². The number of phenols is 1. The van der Waals surface area contributed by atoms with Crippen LogP contribution in [0.2, 0.25) is 0 Å². The fourth-order valence-corrected chi connectivity index (χ4v) is 3.67. The van der Waals surface area contributed by atoms with Gasteiger partial charge in [-0.3, -0.25) is 4.79 Å². The first-order valence-corrected chi connectivity index (χ1v) is 10.1. The number of halogens is 4. The van der Waals surface area contributed by atoms with Gasteiger partial charge < -0.3 is 15.0 Å². The molecule has 0 spiro atoms. The lowest BCUT2D eigenvalue weighted by Crippen LogP contribution is -2.16. The summed E-state index contributed by atoms with van der Waals surface area (Å²) in [5.74, 6) is -4.81. The van der Waals surface area contributed by atoms with Gasteiger partial charge in [0.15, 0.2) is 28.4 Å². The number of aromatic nitrogens is 3. The lowest BCUT2D eigenvalue weighted by Gasteiger charge is -2.09. The Kier molecular flexibility index (Phi) is 6.48. The number of amides is 1. The predicted octanol–water partition coefficient (Wildman–Crippen LogP) is 4.58. The maximum atomic E-state index is 13.7. The minimum absolute atomic E-state index is 0.0263. The molecule has 0 aliphatic carbocycles. The highest BCUT2D eigenvalue weighted by atomic mass is 79.9. The Labute approximate surface area is 176 Å². The van der Waals surface area contributed by atoms with Crippen LogP contribution in [0, 0.1) is 17.5 Å². The molecule has 0 aliphatic heterocycles. The molecule has 2 aromatic carbocycles. The first kappa shape index (κ1) is 21.2. The Morgan fingerprint density at radius 1 is 1.21 bits per heavy atom. The summed E-state index contributed by atoms with van der Waals surface area (Å²) in [5.41, 5.74) is 0.0140. The summed E-state index contributed by atoms with van der Waals surface area (Å²) in [5, 5.41) is 20.8. The van der Waals surface area contributed by atoms with E-state index in [2.05, 4.69) is 31.4 Å². The molecule has 6 nitrogen and oxygen atoms in total. The average molecular weight is 487 g/mol. The lowest BCUT2D eigenvalue weighted by molar-refractivity contribution is -0.113. The van der Waals surface area contributed by atoms with Gasteiger partial charge >= 0.3 is 0 Å². The van der Waals surface area contributed by atoms with Crippen molar-refractivity contribution in [2.45, 2.75) is 18.6 Å². The Bertz CT molecular complexity index is 1080. The van der Waals surface area contributed by atoms with Crippen LogP contribution < -0.4 is 5.32 Å². The molecule has 0 saturated heterocycles. The van der Waals surface area contributed by atoms with Gasteiger partial charge in [-0.15, -0.1) is 10.2 Å². The summed E-state index contributed by atoms with van der Waals surface area (Å²) in [6, 6.07) is 6.57. The fourth-order valence-electron chi connectivity index (χ4n) is 2.51. The second-order valence-electron chi connectivity index (χ2n) is 5.77. The SMILES string of the molecule is CCn1c(SCC(=O)Nc2ccc(F)c(F)c2F)nnc1-c1cc(Br)ccc1O. The number of nitrogens with zero attached hydrogens (tertiary/aromatic N) is 3. The number of thioether (sulfide) groups is 1. The van der Waals surface area contributed by atoms with Crippen molar-refractivity contribution in [1.82, 2.24) is 14.8 Å². The molecule has 0 atom stereocenters. The van der Waals surface area contributed by atoms with Gasteiger partial charge in [0.25, 0.3) is 0 Å². The maximum Gasteiger partial charge on any atom is 0.234 e. The molecule has 1 amide bonds. The molecule has 11 heteroatoms. The molecular weight excluding hydrogens is 473 g/mol. The van der Waals surface area contributed by atoms with Crippen molar-refractivity contribution in [1.29, 1.82) is 0 Å². The lowest BCUT2D eigenvalue weighted by atomic mass is 10.2. The normalized spacial score (nSPS) is 10.9. The third-order valence-electron chi connectivity index (χ3n) is 3.87. The van der Waals surface area contributed by atoms with Gasteiger partial charge in [0.05, 0.1) is 17.0 Å². The van der Waals surface area contributed by atoms with Crippen molar-refractivity contribution in [2.24, 2.45) is 0 Å². The zero-order chi connectivity index (χ0) is 21.1. The highest BCUT2D eigenvalue weighted by Gasteiger charge is 2.19. The van der Waals surface area contributed by atoms with Crippen molar-refractivity contribution >= 4 is 39.3 Å². The van der Waals surface area contributed by atoms with E-state index >= 15 is 0 Å². The van der Waals surface area contributed by atoms with Gasteiger partial charge in [0.2, 0.25) is 5.91 Å². The zero-order valence-electron chi connectivity index (χ0n) is 14.9. The monoisotopic (exact) mass is 486 g/mol. The zero-order valence-corrected chi connectivity index (χ0v) is 17.3. The summed E-state index contributed by atoms with van der Waals surface area (Å²) in [4.78, 5) is 12.1. The average Bonchev–Trinajstić information content (AvgIpc) is 3.11. The molecule has 0 bridgehead atoms. The molecule has 29 heavy (non-hydrogen) atoms. The highest BCUT2D eigenvalue weighted by molar-refractivity contribution is 9.10. The minimum Gasteiger partial charge on any atom is -0.507 e. The van der Waals surface area contributed by atoms with E-state index in [9.17, 15) is 23.1 Å². The van der Waals surface area contributed by atoms with E-state index in [4.69, 9.17) is 0 Å². The maximum absolute atomic E-state index is 13.7. The van der Waals surface area contributed by atoms with Crippen molar-refractivity contribution in [2.75, 3.05) is 11.1 Å². The number of aromatic hydroxyl groups is 1. The van der Waals surface area contributed by atoms with Gasteiger partial charge in [-0.2, -0.15) is 0 Å². The van der Waals surface area contributed by atoms with Crippen LogP contribution in [0.25, 0.3) is 11.4 Å². The number of carbonyl (C=O) groups excluding carboxylic acids is 1. The Hall–Kier alpha value is -2.53. The van der Waals surface area contributed by atoms with E-state index in [1.54, 1.807) is 16.7 Å². The van der Waals surface area contributed by atoms with Crippen LogP contribution in [0.15, 0.2) is 40.0 Å². The summed E-state index contributed by atoms with van der Waals surface area (Å²) in [6.45, 7) is 2.32. The topological polar surface area (TPSA) is 80.0 Å². The van der Waals surface area contributed by atoms with Crippen LogP contribution in [-0.2, 0) is 11.3 Å². The first-order valence-electron chi connectivity index (χ1n) is 8.30. The Morgan fingerprint density at radius 2 is 1.97 bits per heavy atom. The molecule has 0 unspecified atom stereocenters. The number of hydrogen-bond donors (Lipinski definition) is 2. The highest BCUT2D eigenvalue weighted by Crippen LogP contribution is 2.32. The summed E-state index contributed by atoms with van der Waals surface area (Å²) >= 11 is 4.37. The second-order valence-corrected chi connectivity index (χ2v) is 7.63. The number of anilines is 1. The van der Waals surface area contributed by atoms with E-state index in [1.807, 2.05) is 6.92 Å². The van der Waals surface area contributed by atoms with Crippen LogP contribution >= 0.6 is 27.7 Å². The van der Waals surface area contributed by atoms with E-state index in [0.29, 0.717) is 23.1 Å². The third-order valence-corrected chi connectivity index (χ3v) is 5.33. The summed E-state index contributed by atoms with van der Waals surface area (Å²) in [6.07, 6.45) is 0. The molecule has 0 fully saturated rings. The van der Waals surface area contributed by atoms with Crippen molar-refractivity contribution < 1.29 is 23.1 Å². The molecule has 0 aliphatic rings. The van der Waals surface area contributed by atoms with Crippen molar-refractivity contribution in [3.8, 4) is 17.1 Å². The van der Waals surface area contributed by atoms with E-state index in [1.165, 1.54) is 6.07 Å². The van der Waals surface area contributed by atoms with E-state index < -0.39 is 29.0 Å². The Morgan fingerprint density at radius 3 is 2.69 bits per heavy atom. The van der Waals surface area contributed by atoms with Gasteiger partial charge in [-0.05, 0) is 37.3 Å². The van der Waals surface area contributed by atoms with E-state index in [-0.39, 0.29) is 11.5 Å². The number of nitrogens with one attached hydrogen (secondary N) is 1. The van der Waals surface area contributed by atoms with Crippen LogP contribution in [0.4, 0.5) is 18.9 Å². The molecule has 2 N–H and O–H groups in total.